The van der Waals surface area contributed by atoms with Gasteiger partial charge in [-0.1, -0.05) is 5.16 Å². The Balaban J connectivity index is 3.23. The van der Waals surface area contributed by atoms with Crippen molar-refractivity contribution in [2.75, 3.05) is 7.11 Å². The average Bonchev–Trinajstić information content (AvgIpc) is 2.27. The molecule has 0 aliphatic rings. The number of hydrogen-bond donors (Lipinski definition) is 3. The maximum atomic E-state index is 8.44. The van der Waals surface area contributed by atoms with Gasteiger partial charge in [-0.3, -0.25) is 0 Å². The smallest absolute Gasteiger partial charge is 0.188 e. The molecule has 0 aromatic carbocycles. The molecule has 0 spiro atoms. The zero-order chi connectivity index (χ0) is 10.6. The Bertz CT molecular complexity index is 376. The molecular weight excluding hydrogens is 184 g/mol. The molecule has 1 aromatic heterocycles. The van der Waals surface area contributed by atoms with E-state index in [-0.39, 0.29) is 11.5 Å². The van der Waals surface area contributed by atoms with Crippen molar-refractivity contribution < 1.29 is 9.94 Å². The predicted octanol–water partition coefficient (Wildman–Crippen LogP) is 0.182. The van der Waals surface area contributed by atoms with Gasteiger partial charge in [0.1, 0.15) is 11.4 Å². The van der Waals surface area contributed by atoms with E-state index in [0.29, 0.717) is 11.4 Å². The van der Waals surface area contributed by atoms with E-state index in [9.17, 15) is 0 Å². The lowest BCUT2D eigenvalue weighted by Crippen LogP contribution is -2.15. The van der Waals surface area contributed by atoms with Crippen LogP contribution in [-0.4, -0.2) is 29.4 Å². The Morgan fingerprint density at radius 1 is 1.71 bits per heavy atom. The second kappa shape index (κ2) is 4.22. The molecule has 0 saturated heterocycles. The molecule has 0 unspecified atom stereocenters. The van der Waals surface area contributed by atoms with E-state index in [1.807, 2.05) is 0 Å². The molecule has 6 heteroatoms. The summed E-state index contributed by atoms with van der Waals surface area (Å²) in [4.78, 5) is 3.93. The van der Waals surface area contributed by atoms with Gasteiger partial charge in [-0.05, 0) is 0 Å². The summed E-state index contributed by atoms with van der Waals surface area (Å²) in [7, 11) is 1.49. The number of nitrogens with zero attached hydrogens (tertiary/aromatic N) is 2. The van der Waals surface area contributed by atoms with Crippen LogP contribution in [0.1, 0.15) is 11.4 Å². The normalized spacial score (nSPS) is 11.1. The van der Waals surface area contributed by atoms with Crippen LogP contribution in [0.3, 0.4) is 0 Å². The van der Waals surface area contributed by atoms with E-state index in [4.69, 9.17) is 21.1 Å². The van der Waals surface area contributed by atoms with Gasteiger partial charge >= 0.3 is 0 Å². The number of nitrogens with one attached hydrogen (secondary N) is 1. The molecule has 1 rings (SSSR count). The Morgan fingerprint density at radius 2 is 2.43 bits per heavy atom. The molecule has 1 aromatic rings. The molecule has 0 bridgehead atoms. The quantitative estimate of drug-likeness (QED) is 0.276. The lowest BCUT2D eigenvalue weighted by atomic mass is 10.2. The van der Waals surface area contributed by atoms with E-state index in [0.717, 1.165) is 6.21 Å². The zero-order valence-electron chi connectivity index (χ0n) is 7.56. The zero-order valence-corrected chi connectivity index (χ0v) is 7.56. The molecule has 4 N–H and O–H groups in total. The third-order valence-corrected chi connectivity index (χ3v) is 1.57. The summed E-state index contributed by atoms with van der Waals surface area (Å²) in [5.41, 5.74) is 6.00. The van der Waals surface area contributed by atoms with Gasteiger partial charge in [-0.25, -0.2) is 4.98 Å². The standard InChI is InChI=1S/C8H10N4O2/c1-14-6-2-5(4-9)11-7(3-6)8(10)12-13/h2-4,9,13H,1H3,(H2,10,12). The molecule has 14 heavy (non-hydrogen) atoms. The number of oxime groups is 1. The number of nitrogens with two attached hydrogens (primary N) is 1. The highest BCUT2D eigenvalue weighted by atomic mass is 16.5. The fourth-order valence-electron chi connectivity index (χ4n) is 0.900. The molecule has 0 saturated carbocycles. The summed E-state index contributed by atoms with van der Waals surface area (Å²) in [6.45, 7) is 0. The monoisotopic (exact) mass is 194 g/mol. The minimum atomic E-state index is -0.119. The third kappa shape index (κ3) is 1.98. The van der Waals surface area contributed by atoms with Crippen molar-refractivity contribution in [1.29, 1.82) is 5.41 Å². The Hall–Kier alpha value is -2.11. The number of amidine groups is 1. The number of ether oxygens (including phenoxy) is 1. The first-order valence-corrected chi connectivity index (χ1v) is 3.75. The summed E-state index contributed by atoms with van der Waals surface area (Å²) in [6, 6.07) is 3.09. The molecule has 0 amide bonds. The molecule has 0 fully saturated rings. The van der Waals surface area contributed by atoms with E-state index in [1.54, 1.807) is 6.07 Å². The van der Waals surface area contributed by atoms with E-state index in [2.05, 4.69) is 10.1 Å². The Morgan fingerprint density at radius 3 is 2.93 bits per heavy atom. The minimum absolute atomic E-state index is 0.119. The molecule has 0 aliphatic heterocycles. The van der Waals surface area contributed by atoms with Crippen LogP contribution < -0.4 is 10.5 Å². The second-order valence-corrected chi connectivity index (χ2v) is 2.45. The summed E-state index contributed by atoms with van der Waals surface area (Å²) in [6.07, 6.45) is 1.05. The van der Waals surface area contributed by atoms with Crippen LogP contribution in [0.5, 0.6) is 5.75 Å². The van der Waals surface area contributed by atoms with E-state index in [1.165, 1.54) is 13.2 Å². The van der Waals surface area contributed by atoms with Crippen LogP contribution in [0, 0.1) is 5.41 Å². The molecule has 6 nitrogen and oxygen atoms in total. The topological polar surface area (TPSA) is 105 Å². The lowest BCUT2D eigenvalue weighted by Gasteiger charge is -2.03. The highest BCUT2D eigenvalue weighted by Crippen LogP contribution is 2.12. The molecule has 74 valence electrons. The van der Waals surface area contributed by atoms with Crippen LogP contribution in [-0.2, 0) is 0 Å². The van der Waals surface area contributed by atoms with Gasteiger partial charge < -0.3 is 21.1 Å². The van der Waals surface area contributed by atoms with Crippen LogP contribution >= 0.6 is 0 Å². The number of aromatic nitrogens is 1. The van der Waals surface area contributed by atoms with Crippen molar-refractivity contribution in [3.05, 3.63) is 23.5 Å². The summed E-state index contributed by atoms with van der Waals surface area (Å²) in [5.74, 6) is 0.382. The highest BCUT2D eigenvalue weighted by Gasteiger charge is 2.05. The molecule has 0 aliphatic carbocycles. The first-order valence-electron chi connectivity index (χ1n) is 3.75. The van der Waals surface area contributed by atoms with Crippen LogP contribution in [0.4, 0.5) is 0 Å². The van der Waals surface area contributed by atoms with Gasteiger partial charge in [0.15, 0.2) is 5.84 Å². The minimum Gasteiger partial charge on any atom is -0.497 e. The van der Waals surface area contributed by atoms with Gasteiger partial charge in [-0.2, -0.15) is 0 Å². The molecule has 0 radical (unpaired) electrons. The van der Waals surface area contributed by atoms with Crippen molar-refractivity contribution in [2.45, 2.75) is 0 Å². The van der Waals surface area contributed by atoms with Crippen molar-refractivity contribution >= 4 is 12.1 Å². The number of hydrogen-bond acceptors (Lipinski definition) is 5. The van der Waals surface area contributed by atoms with Crippen molar-refractivity contribution in [3.63, 3.8) is 0 Å². The third-order valence-electron chi connectivity index (χ3n) is 1.57. The maximum Gasteiger partial charge on any atom is 0.188 e. The van der Waals surface area contributed by atoms with E-state index >= 15 is 0 Å². The van der Waals surface area contributed by atoms with Gasteiger partial charge in [-0.15, -0.1) is 0 Å². The SMILES string of the molecule is COc1cc(C=N)nc(/C(N)=N/O)c1. The summed E-state index contributed by atoms with van der Waals surface area (Å²) >= 11 is 0. The van der Waals surface area contributed by atoms with Gasteiger partial charge in [0, 0.05) is 18.3 Å². The molecule has 1 heterocycles. The predicted molar refractivity (Wildman–Crippen MR) is 51.2 cm³/mol. The lowest BCUT2D eigenvalue weighted by molar-refractivity contribution is 0.318. The Kier molecular flexibility index (Phi) is 3.01. The maximum absolute atomic E-state index is 8.44. The van der Waals surface area contributed by atoms with Crippen LogP contribution in [0.15, 0.2) is 17.3 Å². The number of methoxy groups -OCH3 is 1. The molecular formula is C8H10N4O2. The van der Waals surface area contributed by atoms with Gasteiger partial charge in [0.05, 0.1) is 12.8 Å². The van der Waals surface area contributed by atoms with Crippen LogP contribution in [0.25, 0.3) is 0 Å². The summed E-state index contributed by atoms with van der Waals surface area (Å²) in [5, 5.41) is 18.3. The highest BCUT2D eigenvalue weighted by molar-refractivity contribution is 5.96. The van der Waals surface area contributed by atoms with Gasteiger partial charge in [0.25, 0.3) is 0 Å². The average molecular weight is 194 g/mol. The fourth-order valence-corrected chi connectivity index (χ4v) is 0.900. The number of pyridine rings is 1. The fraction of sp³-hybridized carbons (Fsp3) is 0.125. The molecule has 0 atom stereocenters. The summed E-state index contributed by atoms with van der Waals surface area (Å²) < 4.78 is 4.96. The van der Waals surface area contributed by atoms with Crippen molar-refractivity contribution in [1.82, 2.24) is 4.98 Å². The number of rotatable bonds is 3. The Labute approximate surface area is 80.5 Å². The first-order chi connectivity index (χ1) is 6.71. The van der Waals surface area contributed by atoms with E-state index < -0.39 is 0 Å². The van der Waals surface area contributed by atoms with Crippen molar-refractivity contribution in [2.24, 2.45) is 10.9 Å². The van der Waals surface area contributed by atoms with Crippen LogP contribution in [0.2, 0.25) is 0 Å². The second-order valence-electron chi connectivity index (χ2n) is 2.45. The largest absolute Gasteiger partial charge is 0.497 e. The first kappa shape index (κ1) is 9.97. The van der Waals surface area contributed by atoms with Gasteiger partial charge in [0.2, 0.25) is 0 Å². The van der Waals surface area contributed by atoms with Crippen molar-refractivity contribution in [3.8, 4) is 5.75 Å².